The number of H-pyrrole nitrogens is 1. The molecule has 0 aliphatic rings. The molecule has 0 aliphatic heterocycles. The number of aromatic nitrogens is 3. The zero-order valence-electron chi connectivity index (χ0n) is 14.6. The van der Waals surface area contributed by atoms with Gasteiger partial charge in [0.15, 0.2) is 4.90 Å². The van der Waals surface area contributed by atoms with Crippen molar-refractivity contribution in [3.8, 4) is 0 Å². The molecule has 2 N–H and O–H groups in total. The van der Waals surface area contributed by atoms with E-state index in [9.17, 15) is 22.5 Å². The fourth-order valence-corrected chi connectivity index (χ4v) is 4.35. The van der Waals surface area contributed by atoms with Crippen molar-refractivity contribution in [1.29, 1.82) is 0 Å². The molecule has 0 amide bonds. The summed E-state index contributed by atoms with van der Waals surface area (Å²) in [6, 6.07) is 5.04. The zero-order chi connectivity index (χ0) is 21.6. The topological polar surface area (TPSA) is 93.7 Å². The first kappa shape index (κ1) is 20.7. The van der Waals surface area contributed by atoms with Crippen molar-refractivity contribution >= 4 is 67.6 Å². The highest BCUT2D eigenvalue weighted by Crippen LogP contribution is 2.40. The second-order valence-electron chi connectivity index (χ2n) is 6.05. The fraction of sp³-hybridized carbons (Fsp3) is 0.0556. The van der Waals surface area contributed by atoms with Crippen molar-refractivity contribution in [1.82, 2.24) is 15.0 Å². The molecule has 3 heterocycles. The predicted octanol–water partition coefficient (Wildman–Crippen LogP) is 5.15. The lowest BCUT2D eigenvalue weighted by Gasteiger charge is -2.16. The van der Waals surface area contributed by atoms with Gasteiger partial charge in [0.1, 0.15) is 5.82 Å². The van der Waals surface area contributed by atoms with Crippen LogP contribution in [0.3, 0.4) is 0 Å². The normalized spacial score (nSPS) is 13.0. The molecule has 30 heavy (non-hydrogen) atoms. The van der Waals surface area contributed by atoms with Crippen LogP contribution >= 0.6 is 23.2 Å². The van der Waals surface area contributed by atoms with Gasteiger partial charge in [-0.25, -0.2) is 4.98 Å². The highest BCUT2D eigenvalue weighted by Gasteiger charge is 2.46. The number of alkyl halides is 3. The lowest BCUT2D eigenvalue weighted by Crippen LogP contribution is -2.23. The molecule has 0 saturated carbocycles. The molecule has 0 aliphatic carbocycles. The lowest BCUT2D eigenvalue weighted by molar-refractivity contribution is -0.0435. The molecule has 0 bridgehead atoms. The third-order valence-electron chi connectivity index (χ3n) is 4.20. The minimum Gasteiger partial charge on any atom is -0.604 e. The molecule has 1 atom stereocenters. The molecule has 0 radical (unpaired) electrons. The van der Waals surface area contributed by atoms with E-state index in [2.05, 4.69) is 20.3 Å². The Morgan fingerprint density at radius 2 is 1.83 bits per heavy atom. The maximum atomic E-state index is 12.8. The van der Waals surface area contributed by atoms with Crippen LogP contribution in [0.5, 0.6) is 0 Å². The molecule has 6 nitrogen and oxygen atoms in total. The minimum atomic E-state index is -4.95. The van der Waals surface area contributed by atoms with Crippen LogP contribution in [0.2, 0.25) is 10.0 Å². The summed E-state index contributed by atoms with van der Waals surface area (Å²) in [5.74, 6) is 0.211. The van der Waals surface area contributed by atoms with Crippen molar-refractivity contribution in [3.63, 3.8) is 0 Å². The van der Waals surface area contributed by atoms with Crippen molar-refractivity contribution in [3.05, 3.63) is 63.3 Å². The number of benzene rings is 1. The number of aromatic amines is 1. The highest BCUT2D eigenvalue weighted by molar-refractivity contribution is 7.92. The maximum Gasteiger partial charge on any atom is 0.578 e. The summed E-state index contributed by atoms with van der Waals surface area (Å²) in [4.78, 5) is 22.9. The summed E-state index contributed by atoms with van der Waals surface area (Å²) in [6.45, 7) is 0. The Balaban J connectivity index is 1.87. The first-order valence-electron chi connectivity index (χ1n) is 8.16. The van der Waals surface area contributed by atoms with Crippen LogP contribution in [0.25, 0.3) is 21.7 Å². The van der Waals surface area contributed by atoms with E-state index in [1.54, 1.807) is 12.1 Å². The summed E-state index contributed by atoms with van der Waals surface area (Å²) in [5, 5.41) is 3.77. The van der Waals surface area contributed by atoms with Gasteiger partial charge in [-0.05, 0) is 12.1 Å². The van der Waals surface area contributed by atoms with E-state index in [-0.39, 0.29) is 27.1 Å². The molecule has 154 valence electrons. The van der Waals surface area contributed by atoms with Crippen LogP contribution in [0, 0.1) is 0 Å². The average molecular weight is 473 g/mol. The Hall–Kier alpha value is -2.53. The molecule has 12 heteroatoms. The molecule has 1 unspecified atom stereocenters. The molecule has 4 rings (SSSR count). The molecular formula is C18H9Cl2F3N4O2S. The maximum absolute atomic E-state index is 12.8. The van der Waals surface area contributed by atoms with Crippen molar-refractivity contribution < 1.29 is 17.7 Å². The second-order valence-corrected chi connectivity index (χ2v) is 8.34. The van der Waals surface area contributed by atoms with E-state index in [1.807, 2.05) is 0 Å². The highest BCUT2D eigenvalue weighted by atomic mass is 35.5. The van der Waals surface area contributed by atoms with Gasteiger partial charge >= 0.3 is 5.51 Å². The van der Waals surface area contributed by atoms with Gasteiger partial charge in [0.25, 0.3) is 5.56 Å². The van der Waals surface area contributed by atoms with E-state index in [0.29, 0.717) is 21.7 Å². The van der Waals surface area contributed by atoms with E-state index < -0.39 is 21.6 Å². The van der Waals surface area contributed by atoms with E-state index >= 15 is 0 Å². The molecule has 3 aromatic heterocycles. The van der Waals surface area contributed by atoms with Crippen molar-refractivity contribution in [2.75, 3.05) is 5.32 Å². The van der Waals surface area contributed by atoms with Gasteiger partial charge in [-0.1, -0.05) is 23.2 Å². The van der Waals surface area contributed by atoms with Crippen molar-refractivity contribution in [2.45, 2.75) is 10.4 Å². The Bertz CT molecular complexity index is 1320. The number of anilines is 2. The first-order valence-corrected chi connectivity index (χ1v) is 10.1. The zero-order valence-corrected chi connectivity index (χ0v) is 16.9. The third kappa shape index (κ3) is 3.67. The van der Waals surface area contributed by atoms with Gasteiger partial charge in [-0.2, -0.15) is 0 Å². The Morgan fingerprint density at radius 1 is 1.13 bits per heavy atom. The van der Waals surface area contributed by atoms with Crippen LogP contribution in [-0.4, -0.2) is 25.0 Å². The molecule has 1 aromatic carbocycles. The molecule has 0 saturated heterocycles. The molecule has 4 aromatic rings. The summed E-state index contributed by atoms with van der Waals surface area (Å²) >= 11 is 8.97. The Kier molecular flexibility index (Phi) is 5.27. The third-order valence-corrected chi connectivity index (χ3v) is 5.88. The van der Waals surface area contributed by atoms with Crippen LogP contribution in [-0.2, 0) is 11.2 Å². The smallest absolute Gasteiger partial charge is 0.578 e. The summed E-state index contributed by atoms with van der Waals surface area (Å²) in [5.41, 5.74) is -4.81. The van der Waals surface area contributed by atoms with Crippen LogP contribution in [0.4, 0.5) is 24.7 Å². The number of pyridine rings is 3. The van der Waals surface area contributed by atoms with Crippen LogP contribution in [0.15, 0.2) is 52.5 Å². The number of rotatable bonds is 3. The molecule has 0 spiro atoms. The SMILES string of the molecule is O=c1[nH]ccc2c(Nc3c(Cl)cc([S+]([O-])C(F)(F)F)cc3Cl)nc3ccncc3c12. The van der Waals surface area contributed by atoms with Gasteiger partial charge < -0.3 is 14.9 Å². The largest absolute Gasteiger partial charge is 0.604 e. The van der Waals surface area contributed by atoms with Crippen molar-refractivity contribution in [2.24, 2.45) is 0 Å². The number of nitrogens with one attached hydrogen (secondary N) is 2. The number of halogens is 5. The van der Waals surface area contributed by atoms with Gasteiger partial charge in [0, 0.05) is 41.5 Å². The number of fused-ring (bicyclic) bond motifs is 3. The van der Waals surface area contributed by atoms with Gasteiger partial charge in [-0.15, -0.1) is 13.2 Å². The summed E-state index contributed by atoms with van der Waals surface area (Å²) in [7, 11) is 0. The van der Waals surface area contributed by atoms with E-state index in [4.69, 9.17) is 23.2 Å². The summed E-state index contributed by atoms with van der Waals surface area (Å²) in [6.07, 6.45) is 4.44. The Morgan fingerprint density at radius 3 is 2.50 bits per heavy atom. The monoisotopic (exact) mass is 472 g/mol. The number of hydrogen-bond acceptors (Lipinski definition) is 5. The van der Waals surface area contributed by atoms with E-state index in [0.717, 1.165) is 12.1 Å². The van der Waals surface area contributed by atoms with Gasteiger partial charge in [-0.3, -0.25) is 9.78 Å². The van der Waals surface area contributed by atoms with Crippen LogP contribution < -0.4 is 10.9 Å². The second kappa shape index (κ2) is 7.62. The molecule has 0 fully saturated rings. The quantitative estimate of drug-likeness (QED) is 0.317. The fourth-order valence-electron chi connectivity index (χ4n) is 2.92. The number of nitrogens with zero attached hydrogens (tertiary/aromatic N) is 2. The standard InChI is InChI=1S/C18H9Cl2F3N4O2S/c19-11-5-8(30(29)18(21,22)23)6-12(20)15(11)27-16-9-1-4-25-17(28)14(9)10-7-24-3-2-13(10)26-16/h1-7H,(H,25,28)(H,26,27). The summed E-state index contributed by atoms with van der Waals surface area (Å²) < 4.78 is 49.9. The minimum absolute atomic E-state index is 0.0590. The number of hydrogen-bond donors (Lipinski definition) is 2. The van der Waals surface area contributed by atoms with E-state index in [1.165, 1.54) is 18.6 Å². The average Bonchev–Trinajstić information content (AvgIpc) is 2.69. The predicted molar refractivity (Wildman–Crippen MR) is 110 cm³/mol. The molecular weight excluding hydrogens is 464 g/mol. The first-order chi connectivity index (χ1) is 14.2. The van der Waals surface area contributed by atoms with Gasteiger partial charge in [0.2, 0.25) is 0 Å². The van der Waals surface area contributed by atoms with Gasteiger partial charge in [0.05, 0.1) is 37.8 Å². The Labute approximate surface area is 179 Å². The van der Waals surface area contributed by atoms with Crippen LogP contribution in [0.1, 0.15) is 0 Å². The lowest BCUT2D eigenvalue weighted by atomic mass is 10.1.